The number of para-hydroxylation sites is 1. The molecule has 0 spiro atoms. The largest absolute Gasteiger partial charge is 0.382 e. The zero-order valence-electron chi connectivity index (χ0n) is 17.3. The van der Waals surface area contributed by atoms with Gasteiger partial charge in [0.15, 0.2) is 0 Å². The van der Waals surface area contributed by atoms with Crippen LogP contribution < -0.4 is 10.6 Å². The molecule has 3 nitrogen and oxygen atoms in total. The Morgan fingerprint density at radius 1 is 1.00 bits per heavy atom. The minimum absolute atomic E-state index is 0.456. The van der Waals surface area contributed by atoms with E-state index in [1.807, 2.05) is 6.20 Å². The lowest BCUT2D eigenvalue weighted by Crippen LogP contribution is -2.47. The molecule has 4 aliphatic carbocycles. The molecule has 1 aromatic carbocycles. The summed E-state index contributed by atoms with van der Waals surface area (Å²) in [5.74, 6) is 3.22. The number of anilines is 1. The van der Waals surface area contributed by atoms with Gasteiger partial charge in [-0.15, -0.1) is 0 Å². The lowest BCUT2D eigenvalue weighted by atomic mass is 9.49. The van der Waals surface area contributed by atoms with Gasteiger partial charge in [-0.05, 0) is 107 Å². The molecular weight excluding hydrogens is 342 g/mol. The number of pyridine rings is 1. The van der Waals surface area contributed by atoms with E-state index in [0.29, 0.717) is 11.5 Å². The third-order valence-electron chi connectivity index (χ3n) is 7.80. The van der Waals surface area contributed by atoms with Crippen molar-refractivity contribution in [2.45, 2.75) is 64.3 Å². The second-order valence-corrected chi connectivity index (χ2v) is 10.1. The van der Waals surface area contributed by atoms with E-state index in [0.717, 1.165) is 36.2 Å². The molecule has 0 amide bonds. The molecule has 6 rings (SSSR count). The van der Waals surface area contributed by atoms with Gasteiger partial charge < -0.3 is 10.6 Å². The van der Waals surface area contributed by atoms with Gasteiger partial charge in [0.1, 0.15) is 0 Å². The minimum atomic E-state index is 0.456. The summed E-state index contributed by atoms with van der Waals surface area (Å²) in [4.78, 5) is 4.46. The van der Waals surface area contributed by atoms with Crippen LogP contribution in [0.2, 0.25) is 0 Å². The third-order valence-corrected chi connectivity index (χ3v) is 7.80. The van der Waals surface area contributed by atoms with E-state index in [-0.39, 0.29) is 0 Å². The maximum atomic E-state index is 4.46. The summed E-state index contributed by atoms with van der Waals surface area (Å²) >= 11 is 0. The Labute approximate surface area is 169 Å². The van der Waals surface area contributed by atoms with E-state index >= 15 is 0 Å². The van der Waals surface area contributed by atoms with Crippen molar-refractivity contribution >= 4 is 16.6 Å². The Morgan fingerprint density at radius 3 is 2.46 bits per heavy atom. The maximum absolute atomic E-state index is 4.46. The summed E-state index contributed by atoms with van der Waals surface area (Å²) in [7, 11) is 0. The molecular formula is C25H35N3. The van der Waals surface area contributed by atoms with E-state index < -0.39 is 0 Å². The summed E-state index contributed by atoms with van der Waals surface area (Å²) in [5.41, 5.74) is 2.97. The zero-order chi connectivity index (χ0) is 19.0. The van der Waals surface area contributed by atoms with Crippen LogP contribution in [0.25, 0.3) is 10.9 Å². The molecule has 4 fully saturated rings. The molecule has 1 unspecified atom stereocenters. The van der Waals surface area contributed by atoms with Crippen LogP contribution in [0.5, 0.6) is 0 Å². The van der Waals surface area contributed by atoms with Crippen LogP contribution in [0.4, 0.5) is 5.69 Å². The van der Waals surface area contributed by atoms with Crippen LogP contribution in [0, 0.1) is 23.2 Å². The Morgan fingerprint density at radius 2 is 1.71 bits per heavy atom. The van der Waals surface area contributed by atoms with E-state index in [4.69, 9.17) is 0 Å². The summed E-state index contributed by atoms with van der Waals surface area (Å²) in [6.45, 7) is 4.59. The van der Waals surface area contributed by atoms with Crippen molar-refractivity contribution in [3.8, 4) is 0 Å². The van der Waals surface area contributed by atoms with Gasteiger partial charge in [0, 0.05) is 23.3 Å². The number of benzene rings is 1. The highest BCUT2D eigenvalue weighted by atomic mass is 14.9. The fourth-order valence-electron chi connectivity index (χ4n) is 6.95. The Balaban J connectivity index is 1.07. The van der Waals surface area contributed by atoms with Gasteiger partial charge in [-0.3, -0.25) is 4.98 Å². The first-order valence-electron chi connectivity index (χ1n) is 11.5. The first-order chi connectivity index (χ1) is 13.7. The third kappa shape index (κ3) is 3.78. The average Bonchev–Trinajstić information content (AvgIpc) is 2.67. The maximum Gasteiger partial charge on any atom is 0.0722 e. The highest BCUT2D eigenvalue weighted by molar-refractivity contribution is 5.90. The summed E-state index contributed by atoms with van der Waals surface area (Å²) in [5, 5.41) is 8.67. The lowest BCUT2D eigenvalue weighted by Gasteiger charge is -2.57. The van der Waals surface area contributed by atoms with Gasteiger partial charge in [-0.25, -0.2) is 0 Å². The van der Waals surface area contributed by atoms with Gasteiger partial charge >= 0.3 is 0 Å². The van der Waals surface area contributed by atoms with Crippen molar-refractivity contribution in [3.05, 3.63) is 36.5 Å². The molecule has 2 N–H and O–H groups in total. The standard InChI is InChI=1S/C25H35N3/c1-18(28-24-7-10-27-23-5-3-2-4-22(23)24)6-9-26-11-8-25-15-19-12-20(16-25)14-21(13-19)17-25/h2-5,7,10,18-21,26H,6,8-9,11-17H2,1H3,(H,27,28). The van der Waals surface area contributed by atoms with Crippen LogP contribution >= 0.6 is 0 Å². The van der Waals surface area contributed by atoms with E-state index in [1.165, 1.54) is 43.3 Å². The molecule has 1 atom stereocenters. The fraction of sp³-hybridized carbons (Fsp3) is 0.640. The van der Waals surface area contributed by atoms with E-state index in [2.05, 4.69) is 52.9 Å². The van der Waals surface area contributed by atoms with Crippen molar-refractivity contribution in [2.24, 2.45) is 23.2 Å². The first kappa shape index (κ1) is 18.4. The fourth-order valence-corrected chi connectivity index (χ4v) is 6.95. The van der Waals surface area contributed by atoms with E-state index in [1.54, 1.807) is 19.3 Å². The quantitative estimate of drug-likeness (QED) is 0.586. The van der Waals surface area contributed by atoms with Crippen molar-refractivity contribution in [2.75, 3.05) is 18.4 Å². The molecule has 0 saturated heterocycles. The molecule has 4 saturated carbocycles. The summed E-state index contributed by atoms with van der Waals surface area (Å²) in [6, 6.07) is 10.9. The van der Waals surface area contributed by atoms with Gasteiger partial charge in [0.2, 0.25) is 0 Å². The monoisotopic (exact) mass is 377 g/mol. The normalized spacial score (nSPS) is 32.0. The van der Waals surface area contributed by atoms with E-state index in [9.17, 15) is 0 Å². The number of fused-ring (bicyclic) bond motifs is 1. The van der Waals surface area contributed by atoms with Crippen LogP contribution in [0.1, 0.15) is 58.3 Å². The molecule has 4 aliphatic rings. The number of nitrogens with zero attached hydrogens (tertiary/aromatic N) is 1. The predicted molar refractivity (Wildman–Crippen MR) is 118 cm³/mol. The van der Waals surface area contributed by atoms with Crippen LogP contribution in [-0.2, 0) is 0 Å². The van der Waals surface area contributed by atoms with Crippen LogP contribution in [0.15, 0.2) is 36.5 Å². The molecule has 1 heterocycles. The first-order valence-corrected chi connectivity index (χ1v) is 11.5. The Hall–Kier alpha value is -1.61. The highest BCUT2D eigenvalue weighted by Gasteiger charge is 2.50. The lowest BCUT2D eigenvalue weighted by molar-refractivity contribution is -0.0567. The second-order valence-electron chi connectivity index (χ2n) is 10.1. The summed E-state index contributed by atoms with van der Waals surface area (Å²) in [6.07, 6.45) is 13.7. The summed E-state index contributed by atoms with van der Waals surface area (Å²) < 4.78 is 0. The average molecular weight is 378 g/mol. The van der Waals surface area contributed by atoms with Crippen molar-refractivity contribution in [1.82, 2.24) is 10.3 Å². The van der Waals surface area contributed by atoms with Gasteiger partial charge in [-0.2, -0.15) is 0 Å². The molecule has 1 aromatic heterocycles. The molecule has 0 radical (unpaired) electrons. The van der Waals surface area contributed by atoms with Crippen LogP contribution in [0.3, 0.4) is 0 Å². The van der Waals surface area contributed by atoms with Crippen molar-refractivity contribution in [1.29, 1.82) is 0 Å². The topological polar surface area (TPSA) is 37.0 Å². The number of rotatable bonds is 8. The predicted octanol–water partition coefficient (Wildman–Crippen LogP) is 5.62. The van der Waals surface area contributed by atoms with Crippen molar-refractivity contribution < 1.29 is 0 Å². The molecule has 0 aliphatic heterocycles. The molecule has 28 heavy (non-hydrogen) atoms. The van der Waals surface area contributed by atoms with Gasteiger partial charge in [-0.1, -0.05) is 18.2 Å². The van der Waals surface area contributed by atoms with Crippen LogP contribution in [-0.4, -0.2) is 24.1 Å². The zero-order valence-corrected chi connectivity index (χ0v) is 17.3. The molecule has 4 bridgehead atoms. The Bertz CT molecular complexity index is 774. The van der Waals surface area contributed by atoms with Gasteiger partial charge in [0.25, 0.3) is 0 Å². The highest BCUT2D eigenvalue weighted by Crippen LogP contribution is 2.61. The van der Waals surface area contributed by atoms with Gasteiger partial charge in [0.05, 0.1) is 5.52 Å². The Kier molecular flexibility index (Phi) is 5.04. The number of aromatic nitrogens is 1. The smallest absolute Gasteiger partial charge is 0.0722 e. The SMILES string of the molecule is CC(CCNCCC12CC3CC(CC(C3)C1)C2)Nc1ccnc2ccccc12. The number of nitrogens with one attached hydrogen (secondary N) is 2. The number of hydrogen-bond donors (Lipinski definition) is 2. The van der Waals surface area contributed by atoms with Crippen molar-refractivity contribution in [3.63, 3.8) is 0 Å². The minimum Gasteiger partial charge on any atom is -0.382 e. The molecule has 3 heteroatoms. The molecule has 2 aromatic rings. The second kappa shape index (κ2) is 7.67. The molecule has 150 valence electrons. The number of hydrogen-bond acceptors (Lipinski definition) is 3.